The van der Waals surface area contributed by atoms with Gasteiger partial charge in [0.2, 0.25) is 0 Å². The van der Waals surface area contributed by atoms with Crippen LogP contribution in [0.3, 0.4) is 0 Å². The summed E-state index contributed by atoms with van der Waals surface area (Å²) >= 11 is 0. The van der Waals surface area contributed by atoms with Crippen molar-refractivity contribution in [1.82, 2.24) is 10.6 Å². The van der Waals surface area contributed by atoms with Gasteiger partial charge >= 0.3 is 18.2 Å². The first-order chi connectivity index (χ1) is 8.15. The molecule has 0 aliphatic carbocycles. The maximum atomic E-state index is 12.0. The van der Waals surface area contributed by atoms with Crippen LogP contribution in [-0.4, -0.2) is 35.4 Å². The van der Waals surface area contributed by atoms with E-state index in [0.29, 0.717) is 6.42 Å². The van der Waals surface area contributed by atoms with E-state index in [1.165, 1.54) is 6.92 Å². The van der Waals surface area contributed by atoms with Gasteiger partial charge in [-0.3, -0.25) is 0 Å². The molecule has 0 aliphatic rings. The predicted octanol–water partition coefficient (Wildman–Crippen LogP) is 1.88. The van der Waals surface area contributed by atoms with Crippen molar-refractivity contribution in [3.05, 3.63) is 0 Å². The Hall–Kier alpha value is -1.47. The highest BCUT2D eigenvalue weighted by atomic mass is 19.4. The topological polar surface area (TPSA) is 78.4 Å². The van der Waals surface area contributed by atoms with Crippen molar-refractivity contribution in [3.8, 4) is 0 Å². The van der Waals surface area contributed by atoms with E-state index >= 15 is 0 Å². The lowest BCUT2D eigenvalue weighted by molar-refractivity contribution is -0.140. The van der Waals surface area contributed by atoms with Crippen molar-refractivity contribution in [2.75, 3.05) is 0 Å². The van der Waals surface area contributed by atoms with Gasteiger partial charge in [0, 0.05) is 6.04 Å². The third-order valence-electron chi connectivity index (χ3n) is 2.10. The summed E-state index contributed by atoms with van der Waals surface area (Å²) in [7, 11) is 0. The zero-order chi connectivity index (χ0) is 14.3. The standard InChI is InChI=1S/C10H17F3N2O3/c1-3-4-7(8(16)17)15-9(18)14-6(2)5-10(11,12)13/h6-7H,3-5H2,1-2H3,(H,16,17)(H2,14,15,18)/t6?,7-/m1/s1. The number of rotatable bonds is 6. The van der Waals surface area contributed by atoms with Gasteiger partial charge in [0.15, 0.2) is 0 Å². The molecule has 0 spiro atoms. The molecule has 0 fully saturated rings. The van der Waals surface area contributed by atoms with Crippen molar-refractivity contribution in [2.45, 2.75) is 51.4 Å². The van der Waals surface area contributed by atoms with Crippen molar-refractivity contribution < 1.29 is 27.9 Å². The zero-order valence-electron chi connectivity index (χ0n) is 10.2. The maximum absolute atomic E-state index is 12.0. The largest absolute Gasteiger partial charge is 0.480 e. The average molecular weight is 270 g/mol. The van der Waals surface area contributed by atoms with E-state index < -0.39 is 36.7 Å². The summed E-state index contributed by atoms with van der Waals surface area (Å²) in [4.78, 5) is 22.0. The average Bonchev–Trinajstić information content (AvgIpc) is 2.13. The minimum atomic E-state index is -4.37. The van der Waals surface area contributed by atoms with Crippen molar-refractivity contribution in [1.29, 1.82) is 0 Å². The minimum Gasteiger partial charge on any atom is -0.480 e. The molecule has 0 saturated carbocycles. The van der Waals surface area contributed by atoms with Crippen LogP contribution in [0, 0.1) is 0 Å². The third kappa shape index (κ3) is 7.75. The number of hydrogen-bond acceptors (Lipinski definition) is 2. The summed E-state index contributed by atoms with van der Waals surface area (Å²) in [6, 6.07) is -3.11. The number of alkyl halides is 3. The smallest absolute Gasteiger partial charge is 0.391 e. The molecule has 2 amide bonds. The number of carboxylic acid groups (broad SMARTS) is 1. The summed E-state index contributed by atoms with van der Waals surface area (Å²) in [5.41, 5.74) is 0. The molecule has 5 nitrogen and oxygen atoms in total. The van der Waals surface area contributed by atoms with Crippen LogP contribution in [0.4, 0.5) is 18.0 Å². The number of carboxylic acids is 1. The van der Waals surface area contributed by atoms with E-state index in [2.05, 4.69) is 5.32 Å². The van der Waals surface area contributed by atoms with Crippen LogP contribution in [0.25, 0.3) is 0 Å². The lowest BCUT2D eigenvalue weighted by Gasteiger charge is -2.18. The molecule has 0 aromatic heterocycles. The molecule has 18 heavy (non-hydrogen) atoms. The highest BCUT2D eigenvalue weighted by Crippen LogP contribution is 2.21. The van der Waals surface area contributed by atoms with Gasteiger partial charge in [-0.1, -0.05) is 13.3 Å². The Kier molecular flexibility index (Phi) is 6.50. The molecule has 2 atom stereocenters. The Labute approximate surface area is 103 Å². The third-order valence-corrected chi connectivity index (χ3v) is 2.10. The molecule has 8 heteroatoms. The number of nitrogens with one attached hydrogen (secondary N) is 2. The number of hydrogen-bond donors (Lipinski definition) is 3. The predicted molar refractivity (Wildman–Crippen MR) is 58.1 cm³/mol. The SMILES string of the molecule is CCC[C@@H](NC(=O)NC(C)CC(F)(F)F)C(=O)O. The molecule has 0 aliphatic heterocycles. The van der Waals surface area contributed by atoms with Crippen LogP contribution < -0.4 is 10.6 Å². The van der Waals surface area contributed by atoms with Crippen LogP contribution in [0.2, 0.25) is 0 Å². The molecule has 0 radical (unpaired) electrons. The summed E-state index contributed by atoms with van der Waals surface area (Å²) in [5, 5.41) is 12.9. The van der Waals surface area contributed by atoms with Crippen molar-refractivity contribution in [2.24, 2.45) is 0 Å². The van der Waals surface area contributed by atoms with E-state index in [1.54, 1.807) is 6.92 Å². The minimum absolute atomic E-state index is 0.219. The molecule has 0 rings (SSSR count). The van der Waals surface area contributed by atoms with Crippen LogP contribution in [0.5, 0.6) is 0 Å². The van der Waals surface area contributed by atoms with Crippen LogP contribution >= 0.6 is 0 Å². The fourth-order valence-corrected chi connectivity index (χ4v) is 1.37. The number of aliphatic carboxylic acids is 1. The van der Waals surface area contributed by atoms with Gasteiger partial charge in [0.25, 0.3) is 0 Å². The second-order valence-electron chi connectivity index (χ2n) is 4.02. The van der Waals surface area contributed by atoms with Gasteiger partial charge in [-0.25, -0.2) is 9.59 Å². The Bertz CT molecular complexity index is 295. The molecule has 0 saturated heterocycles. The van der Waals surface area contributed by atoms with Crippen LogP contribution in [-0.2, 0) is 4.79 Å². The normalized spacial score (nSPS) is 14.7. The summed E-state index contributed by atoms with van der Waals surface area (Å²) < 4.78 is 36.0. The van der Waals surface area contributed by atoms with E-state index in [0.717, 1.165) is 0 Å². The molecule has 3 N–H and O–H groups in total. The van der Waals surface area contributed by atoms with Gasteiger partial charge in [-0.15, -0.1) is 0 Å². The van der Waals surface area contributed by atoms with Crippen LogP contribution in [0.1, 0.15) is 33.1 Å². The summed E-state index contributed by atoms with van der Waals surface area (Å²) in [6.07, 6.45) is -4.78. The Balaban J connectivity index is 4.20. The van der Waals surface area contributed by atoms with Gasteiger partial charge in [-0.2, -0.15) is 13.2 Å². The lowest BCUT2D eigenvalue weighted by atomic mass is 10.2. The zero-order valence-corrected chi connectivity index (χ0v) is 10.2. The van der Waals surface area contributed by atoms with Gasteiger partial charge in [0.1, 0.15) is 6.04 Å². The maximum Gasteiger partial charge on any atom is 0.391 e. The number of amides is 2. The number of urea groups is 1. The first kappa shape index (κ1) is 16.5. The fraction of sp³-hybridized carbons (Fsp3) is 0.800. The number of carbonyl (C=O) groups excluding carboxylic acids is 1. The molecule has 0 bridgehead atoms. The highest BCUT2D eigenvalue weighted by molar-refractivity contribution is 5.82. The highest BCUT2D eigenvalue weighted by Gasteiger charge is 2.31. The Morgan fingerprint density at radius 1 is 1.28 bits per heavy atom. The Morgan fingerprint density at radius 2 is 1.83 bits per heavy atom. The molecule has 0 aromatic carbocycles. The molecule has 0 aromatic rings. The van der Waals surface area contributed by atoms with E-state index in [-0.39, 0.29) is 6.42 Å². The second-order valence-corrected chi connectivity index (χ2v) is 4.02. The molecule has 0 heterocycles. The number of halogens is 3. The fourth-order valence-electron chi connectivity index (χ4n) is 1.37. The summed E-state index contributed by atoms with van der Waals surface area (Å²) in [5.74, 6) is -1.21. The van der Waals surface area contributed by atoms with Crippen molar-refractivity contribution >= 4 is 12.0 Å². The van der Waals surface area contributed by atoms with Crippen molar-refractivity contribution in [3.63, 3.8) is 0 Å². The quantitative estimate of drug-likeness (QED) is 0.689. The Morgan fingerprint density at radius 3 is 2.22 bits per heavy atom. The van der Waals surface area contributed by atoms with E-state index in [4.69, 9.17) is 5.11 Å². The number of carbonyl (C=O) groups is 2. The van der Waals surface area contributed by atoms with E-state index in [9.17, 15) is 22.8 Å². The van der Waals surface area contributed by atoms with Gasteiger partial charge < -0.3 is 15.7 Å². The van der Waals surface area contributed by atoms with Gasteiger partial charge in [0.05, 0.1) is 6.42 Å². The molecular weight excluding hydrogens is 253 g/mol. The first-order valence-corrected chi connectivity index (χ1v) is 5.52. The second kappa shape index (κ2) is 7.07. The molecule has 106 valence electrons. The molecular formula is C10H17F3N2O3. The van der Waals surface area contributed by atoms with Crippen LogP contribution in [0.15, 0.2) is 0 Å². The monoisotopic (exact) mass is 270 g/mol. The molecule has 1 unspecified atom stereocenters. The first-order valence-electron chi connectivity index (χ1n) is 5.52. The lowest BCUT2D eigenvalue weighted by Crippen LogP contribution is -2.49. The van der Waals surface area contributed by atoms with Gasteiger partial charge in [-0.05, 0) is 13.3 Å². The van der Waals surface area contributed by atoms with E-state index in [1.807, 2.05) is 5.32 Å². The summed E-state index contributed by atoms with van der Waals surface area (Å²) in [6.45, 7) is 2.93.